The van der Waals surface area contributed by atoms with E-state index in [-0.39, 0.29) is 18.9 Å². The van der Waals surface area contributed by atoms with Crippen molar-refractivity contribution in [2.24, 2.45) is 0 Å². The molecule has 0 aromatic heterocycles. The molecule has 0 saturated carbocycles. The van der Waals surface area contributed by atoms with E-state index < -0.39 is 115 Å². The summed E-state index contributed by atoms with van der Waals surface area (Å²) in [6.07, 6.45) is -1.22. The van der Waals surface area contributed by atoms with Crippen molar-refractivity contribution in [2.75, 3.05) is 12.8 Å². The molecule has 7 heterocycles. The zero-order chi connectivity index (χ0) is 42.0. The van der Waals surface area contributed by atoms with E-state index in [0.29, 0.717) is 31.0 Å². The number of hydrogen-bond acceptors (Lipinski definition) is 24. The summed E-state index contributed by atoms with van der Waals surface area (Å²) in [5.41, 5.74) is 0.668. The number of aliphatic hydroxyl groups excluding tert-OH is 2. The minimum absolute atomic E-state index is 0.0440. The van der Waals surface area contributed by atoms with Crippen LogP contribution in [-0.4, -0.2) is 173 Å². The molecule has 7 rings (SSSR count). The maximum absolute atomic E-state index is 10.0. The first-order chi connectivity index (χ1) is 25.6. The average Bonchev–Trinajstić information content (AvgIpc) is 3.39. The van der Waals surface area contributed by atoms with Crippen LogP contribution in [0.4, 0.5) is 0 Å². The van der Waals surface area contributed by atoms with Crippen LogP contribution in [0.3, 0.4) is 0 Å². The van der Waals surface area contributed by atoms with Crippen LogP contribution >= 0.6 is 0 Å². The lowest BCUT2D eigenvalue weighted by Crippen LogP contribution is -2.72. The van der Waals surface area contributed by atoms with Crippen LogP contribution in [0.2, 0.25) is 64.1 Å². The van der Waals surface area contributed by atoms with Crippen molar-refractivity contribution >= 4 is 69.9 Å². The minimum Gasteiger partial charge on any atom is -0.434 e. The van der Waals surface area contributed by atoms with Crippen molar-refractivity contribution in [2.45, 2.75) is 141 Å². The predicted molar refractivity (Wildman–Crippen MR) is 199 cm³/mol. The molecule has 24 nitrogen and oxygen atoms in total. The molecule has 32 heteroatoms. The van der Waals surface area contributed by atoms with Gasteiger partial charge in [0.05, 0.1) is 18.9 Å². The lowest BCUT2D eigenvalue weighted by molar-refractivity contribution is -0.443. The summed E-state index contributed by atoms with van der Waals surface area (Å²) in [6.45, 7) is 8.26. The van der Waals surface area contributed by atoms with Crippen LogP contribution in [0.5, 0.6) is 0 Å². The Morgan fingerprint density at radius 1 is 0.714 bits per heavy atom. The van der Waals surface area contributed by atoms with E-state index in [1.807, 2.05) is 26.6 Å². The maximum atomic E-state index is 10.0. The first kappa shape index (κ1) is 49.4. The third kappa shape index (κ3) is 16.2. The van der Waals surface area contributed by atoms with Gasteiger partial charge in [-0.15, -0.1) is 0 Å². The topological polar surface area (TPSA) is 310 Å². The monoisotopic (exact) mass is 954 g/mol. The van der Waals surface area contributed by atoms with E-state index in [1.54, 1.807) is 19.6 Å². The Morgan fingerprint density at radius 2 is 1.23 bits per heavy atom. The lowest BCUT2D eigenvalue weighted by Gasteiger charge is -2.52. The highest BCUT2D eigenvalue weighted by atomic mass is 28.6. The largest absolute Gasteiger partial charge is 0.484 e. The molecule has 8 N–H and O–H groups in total. The molecule has 7 fully saturated rings. The molecule has 12 atom stereocenters. The van der Waals surface area contributed by atoms with Crippen molar-refractivity contribution in [1.82, 2.24) is 0 Å². The molecule has 6 bridgehead atoms. The number of aliphatic hydroxyl groups is 4. The Hall–Kier alpha value is 0.775. The van der Waals surface area contributed by atoms with Gasteiger partial charge in [0.1, 0.15) is 0 Å². The van der Waals surface area contributed by atoms with Gasteiger partial charge < -0.3 is 87.1 Å². The van der Waals surface area contributed by atoms with Gasteiger partial charge in [-0.1, -0.05) is 6.92 Å². The highest BCUT2D eigenvalue weighted by Gasteiger charge is 2.63. The second-order valence-corrected chi connectivity index (χ2v) is 39.1. The van der Waals surface area contributed by atoms with Gasteiger partial charge in [-0.2, -0.15) is 0 Å². The fraction of sp³-hybridized carbons (Fsp3) is 1.00. The second kappa shape index (κ2) is 19.4. The van der Waals surface area contributed by atoms with E-state index in [4.69, 9.17) is 82.1 Å². The summed E-state index contributed by atoms with van der Waals surface area (Å²) in [7, 11) is -25.4. The molecule has 0 radical (unpaired) electrons. The lowest BCUT2D eigenvalue weighted by atomic mass is 10.2. The smallest absolute Gasteiger partial charge is 0.434 e. The summed E-state index contributed by atoms with van der Waals surface area (Å²) in [4.78, 5) is 40.1. The van der Waals surface area contributed by atoms with Gasteiger partial charge >= 0.3 is 61.6 Å². The summed E-state index contributed by atoms with van der Waals surface area (Å²) in [5, 5.41) is 35.6. The highest BCUT2D eigenvalue weighted by Crippen LogP contribution is 2.41. The van der Waals surface area contributed by atoms with Crippen LogP contribution < -0.4 is 0 Å². The molecule has 0 aromatic carbocycles. The Bertz CT molecular complexity index is 1240. The van der Waals surface area contributed by atoms with Crippen LogP contribution in [0.1, 0.15) is 26.2 Å². The number of ether oxygens (including phenoxy) is 8. The normalized spacial score (nSPS) is 43.0. The van der Waals surface area contributed by atoms with Crippen LogP contribution in [0.15, 0.2) is 0 Å². The van der Waals surface area contributed by atoms with Crippen molar-refractivity contribution in [3.05, 3.63) is 0 Å². The third-order valence-corrected chi connectivity index (χ3v) is 39.3. The van der Waals surface area contributed by atoms with Crippen LogP contribution in [0.25, 0.3) is 0 Å². The minimum atomic E-state index is -3.96. The van der Waals surface area contributed by atoms with E-state index in [9.17, 15) is 19.2 Å². The molecular formula is C24H58O24Si8. The molecule has 7 aliphatic heterocycles. The molecule has 56 heavy (non-hydrogen) atoms. The van der Waals surface area contributed by atoms with Crippen molar-refractivity contribution < 1.29 is 111 Å². The molecule has 0 aliphatic carbocycles. The zero-order valence-corrected chi connectivity index (χ0v) is 40.9. The second-order valence-electron chi connectivity index (χ2n) is 14.7. The number of hydrogen-bond donors (Lipinski definition) is 8. The van der Waals surface area contributed by atoms with Gasteiger partial charge in [-0.25, -0.2) is 0 Å². The number of fused-ring (bicyclic) bond motifs is 14. The zero-order valence-electron chi connectivity index (χ0n) is 32.8. The van der Waals surface area contributed by atoms with Crippen LogP contribution in [0, 0.1) is 0 Å². The predicted octanol–water partition coefficient (Wildman–Crippen LogP) is -2.16. The van der Waals surface area contributed by atoms with Crippen LogP contribution in [-0.2, 0) is 71.1 Å². The fourth-order valence-electron chi connectivity index (χ4n) is 6.46. The first-order valence-electron chi connectivity index (χ1n) is 17.9. The van der Waals surface area contributed by atoms with Gasteiger partial charge in [-0.3, -0.25) is 23.7 Å². The standard InChI is InChI=1S/C12H38O12Si8.C12H20O12/c1-10-27(4)18-25(2)19-32(9,24-30(7,15)16)22-28(5)12-26(3,20-28)11-17-31(8,21-27)23-29(6,13)14;13-9(14)23-11-17-4-5-3-8(18-5)22-12(24-10(15)16)21-7-2-1-6(19-7)20-11/h13-16,25H,10-12H2,1-9H3;5-16H,1-4H2. The van der Waals surface area contributed by atoms with E-state index >= 15 is 0 Å². The summed E-state index contributed by atoms with van der Waals surface area (Å²) in [5.74, 6) is 0. The molecule has 330 valence electrons. The van der Waals surface area contributed by atoms with Gasteiger partial charge in [0.15, 0.2) is 18.9 Å². The van der Waals surface area contributed by atoms with Gasteiger partial charge in [-0.05, 0) is 32.2 Å². The van der Waals surface area contributed by atoms with E-state index in [1.165, 1.54) is 13.1 Å². The fourth-order valence-corrected chi connectivity index (χ4v) is 42.8. The Balaban J connectivity index is 0.000000258. The first-order valence-corrected chi connectivity index (χ1v) is 36.9. The van der Waals surface area contributed by atoms with Crippen molar-refractivity contribution in [1.29, 1.82) is 0 Å². The maximum Gasteiger partial charge on any atom is 0.484 e. The summed E-state index contributed by atoms with van der Waals surface area (Å²) in [6, 6.07) is 0.530. The molecule has 0 amide bonds. The molecule has 0 aromatic rings. The quantitative estimate of drug-likeness (QED) is 0.0902. The summed E-state index contributed by atoms with van der Waals surface area (Å²) < 4.78 is 90.2. The molecule has 12 unspecified atom stereocenters. The molecule has 7 aliphatic rings. The SMILES string of the molecule is CC[Si]1(C)O[SiH](C)O[Si](C)(O[Si](C)(O)O)O[Si]2(C)C[Si](C)(CO[Si](C)(O[Si](C)(O)O)O1)O2.OC(O)OC1OCC2CC(O2)OC(OC(O)O)OC2CCC(O2)O1. The Kier molecular flexibility index (Phi) is 17.2. The number of rotatable bonds is 9. The van der Waals surface area contributed by atoms with Gasteiger partial charge in [0, 0.05) is 51.1 Å². The Morgan fingerprint density at radius 3 is 1.77 bits per heavy atom. The van der Waals surface area contributed by atoms with E-state index in [2.05, 4.69) is 9.47 Å². The van der Waals surface area contributed by atoms with E-state index in [0.717, 1.165) is 0 Å². The van der Waals surface area contributed by atoms with Gasteiger partial charge in [0.2, 0.25) is 8.32 Å². The third-order valence-electron chi connectivity index (χ3n) is 8.21. The molecule has 0 spiro atoms. The average molecular weight is 955 g/mol. The van der Waals surface area contributed by atoms with Gasteiger partial charge in [0.25, 0.3) is 25.9 Å². The molecular weight excluding hydrogens is 897 g/mol. The molecule has 7 saturated heterocycles. The summed E-state index contributed by atoms with van der Waals surface area (Å²) >= 11 is 0. The highest BCUT2D eigenvalue weighted by molar-refractivity contribution is 7.03. The van der Waals surface area contributed by atoms with Crippen molar-refractivity contribution in [3.63, 3.8) is 0 Å². The van der Waals surface area contributed by atoms with Crippen molar-refractivity contribution in [3.8, 4) is 0 Å². The Labute approximate surface area is 333 Å².